The third kappa shape index (κ3) is 2.79. The standard InChI is InChI=1S/C6H12N4O2S/c1-9(2)13(11,12)8-6-10-4-3-7-5-10/h3-5,8H,6H2,1-2H3. The third-order valence-corrected chi connectivity index (χ3v) is 2.92. The second-order valence-electron chi connectivity index (χ2n) is 2.67. The molecular weight excluding hydrogens is 192 g/mol. The van der Waals surface area contributed by atoms with E-state index in [4.69, 9.17) is 0 Å². The van der Waals surface area contributed by atoms with E-state index in [-0.39, 0.29) is 6.67 Å². The van der Waals surface area contributed by atoms with Crippen molar-refractivity contribution in [2.75, 3.05) is 14.1 Å². The van der Waals surface area contributed by atoms with E-state index in [9.17, 15) is 8.42 Å². The predicted molar refractivity (Wildman–Crippen MR) is 48.0 cm³/mol. The van der Waals surface area contributed by atoms with Crippen LogP contribution in [-0.4, -0.2) is 36.4 Å². The summed E-state index contributed by atoms with van der Waals surface area (Å²) >= 11 is 0. The first kappa shape index (κ1) is 10.2. The Balaban J connectivity index is 2.53. The molecule has 0 atom stereocenters. The van der Waals surface area contributed by atoms with Gasteiger partial charge in [-0.05, 0) is 0 Å². The van der Waals surface area contributed by atoms with Crippen LogP contribution in [0.3, 0.4) is 0 Å². The molecule has 1 aromatic heterocycles. The quantitative estimate of drug-likeness (QED) is 0.700. The maximum atomic E-state index is 11.2. The number of nitrogens with zero attached hydrogens (tertiary/aromatic N) is 3. The largest absolute Gasteiger partial charge is 0.323 e. The molecule has 0 saturated carbocycles. The zero-order valence-corrected chi connectivity index (χ0v) is 8.32. The molecular formula is C6H12N4O2S. The summed E-state index contributed by atoms with van der Waals surface area (Å²) in [6, 6.07) is 0. The van der Waals surface area contributed by atoms with E-state index < -0.39 is 10.2 Å². The van der Waals surface area contributed by atoms with Crippen LogP contribution in [0.2, 0.25) is 0 Å². The second-order valence-corrected chi connectivity index (χ2v) is 4.64. The lowest BCUT2D eigenvalue weighted by Crippen LogP contribution is -2.36. The lowest BCUT2D eigenvalue weighted by Gasteiger charge is -2.12. The lowest BCUT2D eigenvalue weighted by molar-refractivity contribution is 0.493. The van der Waals surface area contributed by atoms with E-state index in [0.29, 0.717) is 0 Å². The van der Waals surface area contributed by atoms with Crippen molar-refractivity contribution in [1.82, 2.24) is 18.6 Å². The minimum absolute atomic E-state index is 0.195. The van der Waals surface area contributed by atoms with Gasteiger partial charge in [-0.25, -0.2) is 4.98 Å². The summed E-state index contributed by atoms with van der Waals surface area (Å²) in [5.41, 5.74) is 0. The van der Waals surface area contributed by atoms with Gasteiger partial charge in [-0.15, -0.1) is 0 Å². The molecule has 13 heavy (non-hydrogen) atoms. The van der Waals surface area contributed by atoms with Crippen LogP contribution in [-0.2, 0) is 16.9 Å². The molecule has 0 aliphatic heterocycles. The van der Waals surface area contributed by atoms with Crippen molar-refractivity contribution in [2.45, 2.75) is 6.67 Å². The van der Waals surface area contributed by atoms with Gasteiger partial charge in [0.1, 0.15) is 0 Å². The Morgan fingerprint density at radius 3 is 2.69 bits per heavy atom. The maximum absolute atomic E-state index is 11.2. The van der Waals surface area contributed by atoms with Crippen LogP contribution in [0.1, 0.15) is 0 Å². The molecule has 1 heterocycles. The zero-order valence-electron chi connectivity index (χ0n) is 7.51. The molecule has 0 aromatic carbocycles. The van der Waals surface area contributed by atoms with Gasteiger partial charge in [0.15, 0.2) is 0 Å². The van der Waals surface area contributed by atoms with Crippen molar-refractivity contribution in [3.63, 3.8) is 0 Å². The summed E-state index contributed by atoms with van der Waals surface area (Å²) in [6.45, 7) is 0.195. The highest BCUT2D eigenvalue weighted by Crippen LogP contribution is 1.89. The average Bonchev–Trinajstić information content (AvgIpc) is 2.52. The first-order valence-corrected chi connectivity index (χ1v) is 5.09. The number of nitrogens with one attached hydrogen (secondary N) is 1. The molecule has 7 heteroatoms. The molecule has 0 saturated heterocycles. The molecule has 0 aliphatic rings. The lowest BCUT2D eigenvalue weighted by atomic mass is 10.9. The van der Waals surface area contributed by atoms with Gasteiger partial charge in [0, 0.05) is 26.5 Å². The smallest absolute Gasteiger partial charge is 0.280 e. The Hall–Kier alpha value is -0.920. The molecule has 0 spiro atoms. The molecule has 0 bridgehead atoms. The van der Waals surface area contributed by atoms with Crippen molar-refractivity contribution in [2.24, 2.45) is 0 Å². The van der Waals surface area contributed by atoms with E-state index in [1.54, 1.807) is 17.0 Å². The highest BCUT2D eigenvalue weighted by atomic mass is 32.2. The third-order valence-electron chi connectivity index (χ3n) is 1.47. The van der Waals surface area contributed by atoms with Gasteiger partial charge in [0.2, 0.25) is 0 Å². The Bertz CT molecular complexity index is 343. The van der Waals surface area contributed by atoms with Crippen LogP contribution in [0.15, 0.2) is 18.7 Å². The van der Waals surface area contributed by atoms with Gasteiger partial charge in [-0.2, -0.15) is 17.4 Å². The van der Waals surface area contributed by atoms with Gasteiger partial charge >= 0.3 is 0 Å². The molecule has 1 N–H and O–H groups in total. The van der Waals surface area contributed by atoms with E-state index in [1.807, 2.05) is 0 Å². The monoisotopic (exact) mass is 204 g/mol. The summed E-state index contributed by atoms with van der Waals surface area (Å²) in [6.07, 6.45) is 4.81. The van der Waals surface area contributed by atoms with Crippen LogP contribution in [0.4, 0.5) is 0 Å². The normalized spacial score (nSPS) is 12.2. The molecule has 0 aliphatic carbocycles. The second kappa shape index (κ2) is 3.86. The fraction of sp³-hybridized carbons (Fsp3) is 0.500. The van der Waals surface area contributed by atoms with Crippen LogP contribution in [0.5, 0.6) is 0 Å². The van der Waals surface area contributed by atoms with E-state index in [0.717, 1.165) is 4.31 Å². The van der Waals surface area contributed by atoms with Crippen LogP contribution in [0, 0.1) is 0 Å². The number of imidazole rings is 1. The summed E-state index contributed by atoms with van der Waals surface area (Å²) in [5, 5.41) is 0. The van der Waals surface area contributed by atoms with Crippen molar-refractivity contribution in [3.8, 4) is 0 Å². The fourth-order valence-corrected chi connectivity index (χ4v) is 1.24. The summed E-state index contributed by atoms with van der Waals surface area (Å²) in [4.78, 5) is 3.78. The molecule has 1 aromatic rings. The molecule has 0 radical (unpaired) electrons. The predicted octanol–water partition coefficient (Wildman–Crippen LogP) is -0.763. The molecule has 0 fully saturated rings. The average molecular weight is 204 g/mol. The Kier molecular flexibility index (Phi) is 3.02. The van der Waals surface area contributed by atoms with Crippen molar-refractivity contribution >= 4 is 10.2 Å². The molecule has 0 unspecified atom stereocenters. The van der Waals surface area contributed by atoms with Gasteiger partial charge < -0.3 is 4.57 Å². The maximum Gasteiger partial charge on any atom is 0.280 e. The first-order chi connectivity index (χ1) is 6.02. The number of rotatable bonds is 4. The van der Waals surface area contributed by atoms with Gasteiger partial charge in [0.25, 0.3) is 10.2 Å². The minimum Gasteiger partial charge on any atom is -0.323 e. The summed E-state index contributed by atoms with van der Waals surface area (Å²) in [5.74, 6) is 0. The van der Waals surface area contributed by atoms with Crippen LogP contribution in [0.25, 0.3) is 0 Å². The molecule has 6 nitrogen and oxygen atoms in total. The minimum atomic E-state index is -3.34. The SMILES string of the molecule is CN(C)S(=O)(=O)NCn1ccnc1. The highest BCUT2D eigenvalue weighted by molar-refractivity contribution is 7.87. The summed E-state index contributed by atoms with van der Waals surface area (Å²) in [7, 11) is -0.403. The van der Waals surface area contributed by atoms with E-state index in [1.165, 1.54) is 20.4 Å². The molecule has 0 amide bonds. The van der Waals surface area contributed by atoms with Gasteiger partial charge in [-0.1, -0.05) is 0 Å². The van der Waals surface area contributed by atoms with Crippen molar-refractivity contribution in [3.05, 3.63) is 18.7 Å². The highest BCUT2D eigenvalue weighted by Gasteiger charge is 2.11. The number of aromatic nitrogens is 2. The number of hydrogen-bond acceptors (Lipinski definition) is 3. The van der Waals surface area contributed by atoms with Crippen LogP contribution >= 0.6 is 0 Å². The molecule has 1 rings (SSSR count). The van der Waals surface area contributed by atoms with Gasteiger partial charge in [-0.3, -0.25) is 0 Å². The first-order valence-electron chi connectivity index (χ1n) is 3.65. The van der Waals surface area contributed by atoms with Crippen molar-refractivity contribution in [1.29, 1.82) is 0 Å². The van der Waals surface area contributed by atoms with Crippen LogP contribution < -0.4 is 4.72 Å². The fourth-order valence-electron chi connectivity index (χ4n) is 0.665. The van der Waals surface area contributed by atoms with Gasteiger partial charge in [0.05, 0.1) is 13.0 Å². The summed E-state index contributed by atoms with van der Waals surface area (Å²) < 4.78 is 27.5. The topological polar surface area (TPSA) is 67.2 Å². The van der Waals surface area contributed by atoms with E-state index in [2.05, 4.69) is 9.71 Å². The Morgan fingerprint density at radius 2 is 2.23 bits per heavy atom. The van der Waals surface area contributed by atoms with Crippen molar-refractivity contribution < 1.29 is 8.42 Å². The zero-order chi connectivity index (χ0) is 9.90. The van der Waals surface area contributed by atoms with E-state index >= 15 is 0 Å². The number of hydrogen-bond donors (Lipinski definition) is 1. The Morgan fingerprint density at radius 1 is 1.54 bits per heavy atom. The Labute approximate surface area is 77.4 Å². The molecule has 74 valence electrons.